The third-order valence-electron chi connectivity index (χ3n) is 2.36. The molecule has 1 N–H and O–H groups in total. The van der Waals surface area contributed by atoms with Crippen molar-refractivity contribution in [2.45, 2.75) is 33.2 Å². The van der Waals surface area contributed by atoms with Gasteiger partial charge in [0, 0.05) is 6.04 Å². The highest BCUT2D eigenvalue weighted by Gasteiger charge is 2.18. The van der Waals surface area contributed by atoms with Crippen LogP contribution in [0.1, 0.15) is 27.2 Å². The molecule has 1 aliphatic rings. The summed E-state index contributed by atoms with van der Waals surface area (Å²) in [7, 11) is 1.42. The molecule has 2 unspecified atom stereocenters. The van der Waals surface area contributed by atoms with Gasteiger partial charge in [0.1, 0.15) is 0 Å². The lowest BCUT2D eigenvalue weighted by atomic mass is 9.83. The van der Waals surface area contributed by atoms with Crippen molar-refractivity contribution >= 4 is 11.3 Å². The van der Waals surface area contributed by atoms with E-state index in [1.54, 1.807) is 0 Å². The number of allylic oxidation sites excluding steroid dienone is 2. The van der Waals surface area contributed by atoms with Gasteiger partial charge in [0.05, 0.1) is 7.11 Å². The molecule has 0 aromatic carbocycles. The van der Waals surface area contributed by atoms with Gasteiger partial charge in [0.25, 0.3) is 0 Å². The smallest absolute Gasteiger partial charge is 0.234 e. The van der Waals surface area contributed by atoms with E-state index in [9.17, 15) is 4.21 Å². The van der Waals surface area contributed by atoms with E-state index in [0.29, 0.717) is 0 Å². The van der Waals surface area contributed by atoms with Gasteiger partial charge < -0.3 is 0 Å². The van der Waals surface area contributed by atoms with Crippen LogP contribution in [0.5, 0.6) is 0 Å². The molecule has 0 spiro atoms. The molecule has 0 amide bonds. The fourth-order valence-corrected chi connectivity index (χ4v) is 1.95. The lowest BCUT2D eigenvalue weighted by Gasteiger charge is -2.25. The molecule has 0 aromatic rings. The highest BCUT2D eigenvalue weighted by Crippen LogP contribution is 2.29. The number of rotatable bonds is 3. The first-order valence-corrected chi connectivity index (χ1v) is 6.12. The van der Waals surface area contributed by atoms with Crippen LogP contribution in [-0.4, -0.2) is 17.4 Å². The molecule has 15 heavy (non-hydrogen) atoms. The molecule has 0 saturated heterocycles. The van der Waals surface area contributed by atoms with E-state index < -0.39 is 11.3 Å². The predicted octanol–water partition coefficient (Wildman–Crippen LogP) is 2.10. The second-order valence-corrected chi connectivity index (χ2v) is 5.67. The minimum Gasteiger partial charge on any atom is -0.282 e. The Labute approximate surface area is 94.4 Å². The van der Waals surface area contributed by atoms with E-state index in [4.69, 9.17) is 0 Å². The monoisotopic (exact) mass is 229 g/mol. The normalized spacial score (nSPS) is 23.7. The summed E-state index contributed by atoms with van der Waals surface area (Å²) in [4.78, 5) is 0. The largest absolute Gasteiger partial charge is 0.282 e. The maximum Gasteiger partial charge on any atom is 0.234 e. The Bertz CT molecular complexity index is 302. The number of hydrogen-bond acceptors (Lipinski definition) is 2. The average Bonchev–Trinajstić information content (AvgIpc) is 2.17. The Morgan fingerprint density at radius 3 is 2.60 bits per heavy atom. The van der Waals surface area contributed by atoms with Crippen LogP contribution in [0.25, 0.3) is 0 Å². The summed E-state index contributed by atoms with van der Waals surface area (Å²) in [5.74, 6) is 0. The van der Waals surface area contributed by atoms with Crippen LogP contribution in [0, 0.1) is 5.41 Å². The fourth-order valence-electron chi connectivity index (χ4n) is 1.44. The van der Waals surface area contributed by atoms with E-state index in [2.05, 4.69) is 41.8 Å². The van der Waals surface area contributed by atoms with Crippen LogP contribution in [0.15, 0.2) is 23.8 Å². The molecule has 0 heterocycles. The molecule has 0 fully saturated rings. The molecule has 0 bridgehead atoms. The summed E-state index contributed by atoms with van der Waals surface area (Å²) < 4.78 is 18.6. The van der Waals surface area contributed by atoms with Gasteiger partial charge in [-0.3, -0.25) is 4.18 Å². The van der Waals surface area contributed by atoms with Crippen LogP contribution in [0.2, 0.25) is 0 Å². The van der Waals surface area contributed by atoms with Crippen molar-refractivity contribution in [1.82, 2.24) is 4.72 Å². The first-order chi connectivity index (χ1) is 6.93. The van der Waals surface area contributed by atoms with Crippen LogP contribution >= 0.6 is 0 Å². The van der Waals surface area contributed by atoms with Gasteiger partial charge in [0.2, 0.25) is 11.3 Å². The van der Waals surface area contributed by atoms with Crippen LogP contribution in [0.3, 0.4) is 0 Å². The summed E-state index contributed by atoms with van der Waals surface area (Å²) >= 11 is -1.39. The SMILES string of the molecule is COS(=O)NC1C=CC(C(C)(C)C)=CC1. The molecule has 0 aliphatic heterocycles. The molecule has 0 aromatic heterocycles. The van der Waals surface area contributed by atoms with E-state index in [0.717, 1.165) is 6.42 Å². The maximum absolute atomic E-state index is 11.1. The molecule has 0 radical (unpaired) electrons. The van der Waals surface area contributed by atoms with Crippen molar-refractivity contribution in [2.75, 3.05) is 7.11 Å². The third-order valence-corrected chi connectivity index (χ3v) is 3.16. The molecule has 86 valence electrons. The van der Waals surface area contributed by atoms with Crippen molar-refractivity contribution in [3.05, 3.63) is 23.8 Å². The lowest BCUT2D eigenvalue weighted by molar-refractivity contribution is 0.432. The maximum atomic E-state index is 11.1. The molecule has 1 rings (SSSR count). The Hall–Kier alpha value is -0.450. The van der Waals surface area contributed by atoms with Gasteiger partial charge in [-0.05, 0) is 17.4 Å². The average molecular weight is 229 g/mol. The van der Waals surface area contributed by atoms with Crippen molar-refractivity contribution in [3.63, 3.8) is 0 Å². The molecule has 1 aliphatic carbocycles. The lowest BCUT2D eigenvalue weighted by Crippen LogP contribution is -2.30. The summed E-state index contributed by atoms with van der Waals surface area (Å²) in [6.45, 7) is 6.55. The van der Waals surface area contributed by atoms with E-state index in [1.807, 2.05) is 6.08 Å². The minimum atomic E-state index is -1.39. The van der Waals surface area contributed by atoms with E-state index in [-0.39, 0.29) is 11.5 Å². The topological polar surface area (TPSA) is 38.3 Å². The highest BCUT2D eigenvalue weighted by atomic mass is 32.2. The standard InChI is InChI=1S/C11H19NO2S/c1-11(2,3)9-5-7-10(8-6-9)12-15(13)14-4/h5-7,10,12H,8H2,1-4H3. The minimum absolute atomic E-state index is 0.108. The Kier molecular flexibility index (Phi) is 4.25. The van der Waals surface area contributed by atoms with Crippen LogP contribution in [-0.2, 0) is 15.4 Å². The number of nitrogens with one attached hydrogen (secondary N) is 1. The first kappa shape index (κ1) is 12.6. The van der Waals surface area contributed by atoms with Gasteiger partial charge >= 0.3 is 0 Å². The quantitative estimate of drug-likeness (QED) is 0.805. The second-order valence-electron chi connectivity index (χ2n) is 4.63. The zero-order chi connectivity index (χ0) is 11.5. The first-order valence-electron chi connectivity index (χ1n) is 5.04. The van der Waals surface area contributed by atoms with Gasteiger partial charge in [0.15, 0.2) is 0 Å². The summed E-state index contributed by atoms with van der Waals surface area (Å²) in [5, 5.41) is 0. The predicted molar refractivity (Wildman–Crippen MR) is 63.4 cm³/mol. The van der Waals surface area contributed by atoms with E-state index in [1.165, 1.54) is 12.7 Å². The molecular weight excluding hydrogens is 210 g/mol. The van der Waals surface area contributed by atoms with Crippen molar-refractivity contribution in [3.8, 4) is 0 Å². The van der Waals surface area contributed by atoms with E-state index >= 15 is 0 Å². The van der Waals surface area contributed by atoms with Crippen LogP contribution in [0.4, 0.5) is 0 Å². The van der Waals surface area contributed by atoms with Crippen molar-refractivity contribution in [2.24, 2.45) is 5.41 Å². The zero-order valence-electron chi connectivity index (χ0n) is 9.74. The fraction of sp³-hybridized carbons (Fsp3) is 0.636. The van der Waals surface area contributed by atoms with Gasteiger partial charge in [-0.2, -0.15) is 0 Å². The molecular formula is C11H19NO2S. The summed E-state index contributed by atoms with van der Waals surface area (Å²) in [6.07, 6.45) is 7.17. The zero-order valence-corrected chi connectivity index (χ0v) is 10.6. The summed E-state index contributed by atoms with van der Waals surface area (Å²) in [6, 6.07) is 0.108. The molecule has 3 nitrogen and oxygen atoms in total. The number of hydrogen-bond donors (Lipinski definition) is 1. The van der Waals surface area contributed by atoms with Gasteiger partial charge in [-0.25, -0.2) is 8.93 Å². The van der Waals surface area contributed by atoms with Crippen molar-refractivity contribution in [1.29, 1.82) is 0 Å². The third kappa shape index (κ3) is 3.89. The van der Waals surface area contributed by atoms with Crippen LogP contribution < -0.4 is 4.72 Å². The van der Waals surface area contributed by atoms with Crippen molar-refractivity contribution < 1.29 is 8.39 Å². The van der Waals surface area contributed by atoms with Gasteiger partial charge in [-0.1, -0.05) is 39.0 Å². The Morgan fingerprint density at radius 2 is 2.20 bits per heavy atom. The van der Waals surface area contributed by atoms with Gasteiger partial charge in [-0.15, -0.1) is 0 Å². The second kappa shape index (κ2) is 5.05. The molecule has 2 atom stereocenters. The highest BCUT2D eigenvalue weighted by molar-refractivity contribution is 7.78. The molecule has 4 heteroatoms. The molecule has 0 saturated carbocycles. The Balaban J connectivity index is 2.53. The summed E-state index contributed by atoms with van der Waals surface area (Å²) in [5.41, 5.74) is 1.51. The Morgan fingerprint density at radius 1 is 1.53 bits per heavy atom.